The fraction of sp³-hybridized carbons (Fsp3) is 0.227. The van der Waals surface area contributed by atoms with E-state index in [1.165, 1.54) is 18.2 Å². The molecular formula is C22H21N3O5S. The molecule has 2 aromatic rings. The predicted octanol–water partition coefficient (Wildman–Crippen LogP) is 2.84. The maximum atomic E-state index is 12.9. The molecule has 0 fully saturated rings. The molecule has 1 aromatic heterocycles. The number of rotatable bonds is 5. The molecule has 9 heteroatoms. The lowest BCUT2D eigenvalue weighted by Gasteiger charge is -2.28. The lowest BCUT2D eigenvalue weighted by Crippen LogP contribution is -2.44. The van der Waals surface area contributed by atoms with Gasteiger partial charge >= 0.3 is 0 Å². The van der Waals surface area contributed by atoms with Crippen molar-refractivity contribution in [3.8, 4) is 17.4 Å². The van der Waals surface area contributed by atoms with Crippen LogP contribution in [0.15, 0.2) is 62.4 Å². The Morgan fingerprint density at radius 2 is 1.77 bits per heavy atom. The Balaban J connectivity index is 1.98. The number of imide groups is 1. The predicted molar refractivity (Wildman–Crippen MR) is 113 cm³/mol. The quantitative estimate of drug-likeness (QED) is 0.562. The molecule has 0 aliphatic carbocycles. The summed E-state index contributed by atoms with van der Waals surface area (Å²) in [6, 6.07) is 11.1. The number of benzene rings is 1. The van der Waals surface area contributed by atoms with Gasteiger partial charge in [0, 0.05) is 17.7 Å². The minimum Gasteiger partial charge on any atom is -0.457 e. The van der Waals surface area contributed by atoms with Gasteiger partial charge in [-0.3, -0.25) is 14.5 Å². The van der Waals surface area contributed by atoms with E-state index in [9.17, 15) is 23.3 Å². The average Bonchev–Trinajstić information content (AvgIpc) is 3.17. The van der Waals surface area contributed by atoms with Crippen LogP contribution in [0.25, 0.3) is 17.4 Å². The average molecular weight is 439 g/mol. The van der Waals surface area contributed by atoms with Crippen LogP contribution in [0.5, 0.6) is 0 Å². The van der Waals surface area contributed by atoms with Crippen LogP contribution in [0.2, 0.25) is 0 Å². The van der Waals surface area contributed by atoms with E-state index in [1.807, 2.05) is 19.9 Å². The summed E-state index contributed by atoms with van der Waals surface area (Å²) in [5, 5.41) is 14.5. The van der Waals surface area contributed by atoms with Gasteiger partial charge in [0.1, 0.15) is 23.2 Å². The lowest BCUT2D eigenvalue weighted by atomic mass is 9.94. The molecular weight excluding hydrogens is 418 g/mol. The molecule has 0 atom stereocenters. The van der Waals surface area contributed by atoms with Gasteiger partial charge in [0.15, 0.2) is 0 Å². The number of amides is 2. The smallest absolute Gasteiger partial charge is 0.271 e. The van der Waals surface area contributed by atoms with E-state index < -0.39 is 21.8 Å². The molecule has 0 bridgehead atoms. The molecule has 2 N–H and O–H groups in total. The van der Waals surface area contributed by atoms with Gasteiger partial charge in [-0.1, -0.05) is 13.8 Å². The highest BCUT2D eigenvalue weighted by atomic mass is 32.2. The molecule has 2 amide bonds. The van der Waals surface area contributed by atoms with Crippen molar-refractivity contribution < 1.29 is 22.4 Å². The van der Waals surface area contributed by atoms with Crippen LogP contribution in [-0.4, -0.2) is 31.7 Å². The van der Waals surface area contributed by atoms with Crippen molar-refractivity contribution >= 4 is 27.9 Å². The van der Waals surface area contributed by atoms with Gasteiger partial charge in [-0.05, 0) is 60.9 Å². The van der Waals surface area contributed by atoms with Gasteiger partial charge in [-0.2, -0.15) is 5.26 Å². The standard InChI is InChI=1S/C22H21N3O5S/c1-13(2)12-25-21(26)18(14(3)19(11-23)22(25)27)10-16-6-9-20(30-16)15-4-7-17(8-5-15)31(24,28)29/h4-10,13H,12H2,1-3H3,(H2,24,28,29)/b18-10+. The first-order chi connectivity index (χ1) is 14.5. The molecule has 0 radical (unpaired) electrons. The molecule has 1 aromatic carbocycles. The topological polar surface area (TPSA) is 134 Å². The van der Waals surface area contributed by atoms with Crippen molar-refractivity contribution in [1.82, 2.24) is 4.90 Å². The Morgan fingerprint density at radius 3 is 2.32 bits per heavy atom. The second-order valence-corrected chi connectivity index (χ2v) is 9.12. The SMILES string of the molecule is CC1=C(C#N)C(=O)N(CC(C)C)C(=O)/C1=C/c1ccc(-c2ccc(S(N)(=O)=O)cc2)o1. The number of nitriles is 1. The van der Waals surface area contributed by atoms with Crippen LogP contribution < -0.4 is 5.14 Å². The third-order valence-corrected chi connectivity index (χ3v) is 5.68. The number of hydrogen-bond acceptors (Lipinski definition) is 6. The highest BCUT2D eigenvalue weighted by molar-refractivity contribution is 7.89. The summed E-state index contributed by atoms with van der Waals surface area (Å²) in [5.74, 6) is -0.225. The number of primary sulfonamides is 1. The summed E-state index contributed by atoms with van der Waals surface area (Å²) in [4.78, 5) is 26.5. The number of furan rings is 1. The van der Waals surface area contributed by atoms with E-state index in [-0.39, 0.29) is 28.5 Å². The Bertz CT molecular complexity index is 1260. The van der Waals surface area contributed by atoms with Crippen molar-refractivity contribution in [3.05, 3.63) is 58.9 Å². The third-order valence-electron chi connectivity index (χ3n) is 4.75. The summed E-state index contributed by atoms with van der Waals surface area (Å²) in [6.45, 7) is 5.51. The molecule has 1 aliphatic heterocycles. The molecule has 2 heterocycles. The van der Waals surface area contributed by atoms with Gasteiger partial charge < -0.3 is 4.42 Å². The highest BCUT2D eigenvalue weighted by Gasteiger charge is 2.35. The van der Waals surface area contributed by atoms with Crippen LogP contribution >= 0.6 is 0 Å². The maximum Gasteiger partial charge on any atom is 0.271 e. The molecule has 0 spiro atoms. The number of nitrogens with two attached hydrogens (primary N) is 1. The summed E-state index contributed by atoms with van der Waals surface area (Å²) in [6.07, 6.45) is 1.50. The lowest BCUT2D eigenvalue weighted by molar-refractivity contribution is -0.141. The number of sulfonamides is 1. The van der Waals surface area contributed by atoms with Crippen molar-refractivity contribution in [1.29, 1.82) is 5.26 Å². The maximum absolute atomic E-state index is 12.9. The zero-order valence-electron chi connectivity index (χ0n) is 17.2. The van der Waals surface area contributed by atoms with E-state index >= 15 is 0 Å². The molecule has 8 nitrogen and oxygen atoms in total. The van der Waals surface area contributed by atoms with Crippen molar-refractivity contribution in [2.24, 2.45) is 11.1 Å². The van der Waals surface area contributed by atoms with E-state index in [4.69, 9.17) is 9.56 Å². The van der Waals surface area contributed by atoms with Crippen LogP contribution in [-0.2, 0) is 19.6 Å². The van der Waals surface area contributed by atoms with Gasteiger partial charge in [-0.25, -0.2) is 13.6 Å². The minimum atomic E-state index is -3.80. The van der Waals surface area contributed by atoms with Crippen LogP contribution in [0.3, 0.4) is 0 Å². The number of carbonyl (C=O) groups excluding carboxylic acids is 2. The monoisotopic (exact) mass is 439 g/mol. The molecule has 31 heavy (non-hydrogen) atoms. The van der Waals surface area contributed by atoms with Crippen molar-refractivity contribution in [3.63, 3.8) is 0 Å². The Hall–Kier alpha value is -3.48. The second-order valence-electron chi connectivity index (χ2n) is 7.56. The van der Waals surface area contributed by atoms with Crippen molar-refractivity contribution in [2.75, 3.05) is 6.54 Å². The zero-order valence-corrected chi connectivity index (χ0v) is 18.1. The largest absolute Gasteiger partial charge is 0.457 e. The first-order valence-electron chi connectivity index (χ1n) is 9.45. The molecule has 0 saturated carbocycles. The molecule has 1 aliphatic rings. The van der Waals surface area contributed by atoms with Gasteiger partial charge in [-0.15, -0.1) is 0 Å². The van der Waals surface area contributed by atoms with Crippen LogP contribution in [0, 0.1) is 17.2 Å². The fourth-order valence-corrected chi connectivity index (χ4v) is 3.71. The van der Waals surface area contributed by atoms with E-state index in [2.05, 4.69) is 0 Å². The minimum absolute atomic E-state index is 0.0161. The summed E-state index contributed by atoms with van der Waals surface area (Å²) >= 11 is 0. The van der Waals surface area contributed by atoms with Crippen molar-refractivity contribution in [2.45, 2.75) is 25.7 Å². The summed E-state index contributed by atoms with van der Waals surface area (Å²) < 4.78 is 28.6. The van der Waals surface area contributed by atoms with E-state index in [0.29, 0.717) is 22.7 Å². The van der Waals surface area contributed by atoms with E-state index in [1.54, 1.807) is 31.2 Å². The van der Waals surface area contributed by atoms with Gasteiger partial charge in [0.05, 0.1) is 4.90 Å². The van der Waals surface area contributed by atoms with Gasteiger partial charge in [0.2, 0.25) is 10.0 Å². The number of carbonyl (C=O) groups is 2. The van der Waals surface area contributed by atoms with Gasteiger partial charge in [0.25, 0.3) is 11.8 Å². The first-order valence-corrected chi connectivity index (χ1v) is 11.0. The number of nitrogens with zero attached hydrogens (tertiary/aromatic N) is 2. The normalized spacial score (nSPS) is 16.4. The second kappa shape index (κ2) is 8.34. The highest BCUT2D eigenvalue weighted by Crippen LogP contribution is 2.30. The first kappa shape index (κ1) is 22.2. The van der Waals surface area contributed by atoms with Crippen LogP contribution in [0.4, 0.5) is 0 Å². The number of hydrogen-bond donors (Lipinski definition) is 1. The Morgan fingerprint density at radius 1 is 1.13 bits per heavy atom. The Labute approximate surface area is 180 Å². The summed E-state index contributed by atoms with van der Waals surface area (Å²) in [5.41, 5.74) is 1.06. The molecule has 160 valence electrons. The molecule has 0 saturated heterocycles. The zero-order chi connectivity index (χ0) is 22.9. The molecule has 0 unspecified atom stereocenters. The third kappa shape index (κ3) is 4.50. The van der Waals surface area contributed by atoms with E-state index in [0.717, 1.165) is 4.90 Å². The van der Waals surface area contributed by atoms with Crippen LogP contribution in [0.1, 0.15) is 26.5 Å². The Kier molecular flexibility index (Phi) is 5.97. The fourth-order valence-electron chi connectivity index (χ4n) is 3.20. The summed E-state index contributed by atoms with van der Waals surface area (Å²) in [7, 11) is -3.80. The molecule has 3 rings (SSSR count).